The second-order valence-corrected chi connectivity index (χ2v) is 5.18. The average Bonchev–Trinajstić information content (AvgIpc) is 2.51. The van der Waals surface area contributed by atoms with Crippen LogP contribution in [0.2, 0.25) is 0 Å². The third-order valence-electron chi connectivity index (χ3n) is 2.95. The number of nitrogens with two attached hydrogens (primary N) is 1. The topological polar surface area (TPSA) is 86.8 Å². The lowest BCUT2D eigenvalue weighted by molar-refractivity contribution is 0.181. The molecule has 3 aromatic rings. The van der Waals surface area contributed by atoms with E-state index in [-0.39, 0.29) is 0 Å². The second-order valence-electron chi connectivity index (χ2n) is 4.39. The van der Waals surface area contributed by atoms with Crippen LogP contribution in [0, 0.1) is 0 Å². The molecule has 0 atom stereocenters. The fourth-order valence-corrected chi connectivity index (χ4v) is 2.27. The molecule has 7 heteroatoms. The van der Waals surface area contributed by atoms with E-state index in [1.54, 1.807) is 19.5 Å². The van der Waals surface area contributed by atoms with Crippen LogP contribution in [-0.2, 0) is 11.3 Å². The zero-order valence-corrected chi connectivity index (χ0v) is 12.8. The highest BCUT2D eigenvalue weighted by atomic mass is 79.9. The van der Waals surface area contributed by atoms with Crippen molar-refractivity contribution in [1.29, 1.82) is 0 Å². The summed E-state index contributed by atoms with van der Waals surface area (Å²) in [5, 5.41) is 0. The van der Waals surface area contributed by atoms with Gasteiger partial charge in [0.1, 0.15) is 5.82 Å². The van der Waals surface area contributed by atoms with Crippen molar-refractivity contribution in [1.82, 2.24) is 19.9 Å². The van der Waals surface area contributed by atoms with Crippen LogP contribution in [0.1, 0.15) is 5.69 Å². The number of benzene rings is 1. The van der Waals surface area contributed by atoms with E-state index in [4.69, 9.17) is 10.5 Å². The molecule has 0 radical (unpaired) electrons. The minimum absolute atomic E-state index is 0.355. The zero-order valence-electron chi connectivity index (χ0n) is 11.2. The number of halogens is 1. The molecule has 0 fully saturated rings. The van der Waals surface area contributed by atoms with Crippen molar-refractivity contribution in [2.45, 2.75) is 6.61 Å². The van der Waals surface area contributed by atoms with Crippen LogP contribution in [0.25, 0.3) is 22.4 Å². The number of rotatable bonds is 3. The van der Waals surface area contributed by atoms with E-state index in [0.717, 1.165) is 16.6 Å². The van der Waals surface area contributed by atoms with Crippen molar-refractivity contribution in [3.8, 4) is 11.4 Å². The van der Waals surface area contributed by atoms with Crippen LogP contribution in [0.15, 0.2) is 35.1 Å². The van der Waals surface area contributed by atoms with E-state index in [1.165, 1.54) is 0 Å². The lowest BCUT2D eigenvalue weighted by Crippen LogP contribution is -2.04. The fourth-order valence-electron chi connectivity index (χ4n) is 1.98. The number of hydrogen-bond donors (Lipinski definition) is 1. The monoisotopic (exact) mass is 345 g/mol. The van der Waals surface area contributed by atoms with E-state index >= 15 is 0 Å². The molecular formula is C14H12BrN5O. The molecular weight excluding hydrogens is 334 g/mol. The third-order valence-corrected chi connectivity index (χ3v) is 3.82. The highest BCUT2D eigenvalue weighted by Crippen LogP contribution is 2.26. The molecule has 0 bridgehead atoms. The summed E-state index contributed by atoms with van der Waals surface area (Å²) in [5.41, 5.74) is 9.07. The number of nitrogens with zero attached hydrogens (tertiary/aromatic N) is 4. The number of ether oxygens (including phenoxy) is 1. The predicted molar refractivity (Wildman–Crippen MR) is 83.4 cm³/mol. The number of nitrogen functional groups attached to an aromatic ring is 1. The average molecular weight is 346 g/mol. The molecule has 0 aliphatic carbocycles. The van der Waals surface area contributed by atoms with Crippen molar-refractivity contribution >= 4 is 32.8 Å². The maximum Gasteiger partial charge on any atom is 0.162 e. The number of fused-ring (bicyclic) bond motifs is 1. The van der Waals surface area contributed by atoms with Crippen molar-refractivity contribution in [2.24, 2.45) is 0 Å². The van der Waals surface area contributed by atoms with Gasteiger partial charge in [0.25, 0.3) is 0 Å². The first kappa shape index (κ1) is 13.8. The van der Waals surface area contributed by atoms with Gasteiger partial charge in [-0.15, -0.1) is 0 Å². The normalized spacial score (nSPS) is 11.0. The van der Waals surface area contributed by atoms with Crippen molar-refractivity contribution < 1.29 is 4.74 Å². The van der Waals surface area contributed by atoms with Gasteiger partial charge in [0.15, 0.2) is 5.82 Å². The lowest BCUT2D eigenvalue weighted by atomic mass is 10.1. The molecule has 1 aromatic carbocycles. The summed E-state index contributed by atoms with van der Waals surface area (Å²) < 4.78 is 5.79. The SMILES string of the molecule is COCc1nc(-c2ccc3nccnc3c2)nc(N)c1Br. The highest BCUT2D eigenvalue weighted by Gasteiger charge is 2.12. The summed E-state index contributed by atoms with van der Waals surface area (Å²) in [4.78, 5) is 17.3. The summed E-state index contributed by atoms with van der Waals surface area (Å²) in [7, 11) is 1.61. The van der Waals surface area contributed by atoms with E-state index in [1.807, 2.05) is 18.2 Å². The van der Waals surface area contributed by atoms with E-state index in [0.29, 0.717) is 28.4 Å². The predicted octanol–water partition coefficient (Wildman–Crippen LogP) is 2.58. The Morgan fingerprint density at radius 1 is 1.14 bits per heavy atom. The van der Waals surface area contributed by atoms with Crippen LogP contribution in [0.5, 0.6) is 0 Å². The molecule has 0 amide bonds. The van der Waals surface area contributed by atoms with Gasteiger partial charge in [0.05, 0.1) is 27.8 Å². The van der Waals surface area contributed by atoms with Gasteiger partial charge < -0.3 is 10.5 Å². The van der Waals surface area contributed by atoms with E-state index in [9.17, 15) is 0 Å². The maximum absolute atomic E-state index is 5.92. The van der Waals surface area contributed by atoms with Crippen molar-refractivity contribution in [3.63, 3.8) is 0 Å². The molecule has 0 unspecified atom stereocenters. The summed E-state index contributed by atoms with van der Waals surface area (Å²) in [5.74, 6) is 0.918. The van der Waals surface area contributed by atoms with Gasteiger partial charge in [-0.2, -0.15) is 0 Å². The number of hydrogen-bond acceptors (Lipinski definition) is 6. The summed E-state index contributed by atoms with van der Waals surface area (Å²) >= 11 is 3.38. The molecule has 0 saturated carbocycles. The minimum atomic E-state index is 0.355. The first-order valence-electron chi connectivity index (χ1n) is 6.21. The molecule has 21 heavy (non-hydrogen) atoms. The second kappa shape index (κ2) is 5.71. The standard InChI is InChI=1S/C14H12BrN5O/c1-21-7-11-12(15)13(16)20-14(19-11)8-2-3-9-10(6-8)18-5-4-17-9/h2-6H,7H2,1H3,(H2,16,19,20). The Bertz CT molecular complexity index is 808. The van der Waals surface area contributed by atoms with Crippen LogP contribution >= 0.6 is 15.9 Å². The van der Waals surface area contributed by atoms with Crippen LogP contribution in [-0.4, -0.2) is 27.0 Å². The van der Waals surface area contributed by atoms with Gasteiger partial charge >= 0.3 is 0 Å². The van der Waals surface area contributed by atoms with Gasteiger partial charge in [-0.1, -0.05) is 0 Å². The minimum Gasteiger partial charge on any atom is -0.383 e. The summed E-state index contributed by atoms with van der Waals surface area (Å²) in [6.07, 6.45) is 3.31. The van der Waals surface area contributed by atoms with Crippen LogP contribution in [0.4, 0.5) is 5.82 Å². The van der Waals surface area contributed by atoms with Gasteiger partial charge in [-0.25, -0.2) is 9.97 Å². The molecule has 0 aliphatic rings. The number of aromatic nitrogens is 4. The number of methoxy groups -OCH3 is 1. The maximum atomic E-state index is 5.92. The third kappa shape index (κ3) is 2.70. The lowest BCUT2D eigenvalue weighted by Gasteiger charge is -2.08. The van der Waals surface area contributed by atoms with E-state index in [2.05, 4.69) is 35.9 Å². The molecule has 0 spiro atoms. The molecule has 0 aliphatic heterocycles. The summed E-state index contributed by atoms with van der Waals surface area (Å²) in [6, 6.07) is 5.67. The Labute approximate surface area is 129 Å². The van der Waals surface area contributed by atoms with Gasteiger partial charge in [-0.05, 0) is 34.1 Å². The fraction of sp³-hybridized carbons (Fsp3) is 0.143. The molecule has 2 aromatic heterocycles. The molecule has 0 saturated heterocycles. The molecule has 106 valence electrons. The number of anilines is 1. The van der Waals surface area contributed by atoms with Gasteiger partial charge in [0, 0.05) is 25.1 Å². The Morgan fingerprint density at radius 3 is 2.67 bits per heavy atom. The van der Waals surface area contributed by atoms with Gasteiger partial charge in [0.2, 0.25) is 0 Å². The Kier molecular flexibility index (Phi) is 3.76. The van der Waals surface area contributed by atoms with Gasteiger partial charge in [-0.3, -0.25) is 9.97 Å². The highest BCUT2D eigenvalue weighted by molar-refractivity contribution is 9.10. The Hall–Kier alpha value is -2.12. The quantitative estimate of drug-likeness (QED) is 0.784. The molecule has 2 heterocycles. The largest absolute Gasteiger partial charge is 0.383 e. The van der Waals surface area contributed by atoms with Crippen molar-refractivity contribution in [3.05, 3.63) is 40.8 Å². The molecule has 3 rings (SSSR count). The van der Waals surface area contributed by atoms with Crippen LogP contribution < -0.4 is 5.73 Å². The Balaban J connectivity index is 2.13. The van der Waals surface area contributed by atoms with E-state index < -0.39 is 0 Å². The molecule has 2 N–H and O–H groups in total. The summed E-state index contributed by atoms with van der Waals surface area (Å²) in [6.45, 7) is 0.355. The molecule has 6 nitrogen and oxygen atoms in total. The van der Waals surface area contributed by atoms with Crippen LogP contribution in [0.3, 0.4) is 0 Å². The zero-order chi connectivity index (χ0) is 14.8. The smallest absolute Gasteiger partial charge is 0.162 e. The van der Waals surface area contributed by atoms with Crippen molar-refractivity contribution in [2.75, 3.05) is 12.8 Å². The first-order valence-corrected chi connectivity index (χ1v) is 7.00. The Morgan fingerprint density at radius 2 is 1.90 bits per heavy atom. The first-order chi connectivity index (χ1) is 10.2.